The highest BCUT2D eigenvalue weighted by molar-refractivity contribution is 6.34. The van der Waals surface area contributed by atoms with E-state index in [4.69, 9.17) is 11.6 Å². The third kappa shape index (κ3) is 3.44. The van der Waals surface area contributed by atoms with Gasteiger partial charge in [0.1, 0.15) is 0 Å². The zero-order valence-electron chi connectivity index (χ0n) is 13.0. The van der Waals surface area contributed by atoms with Gasteiger partial charge in [0.15, 0.2) is 0 Å². The lowest BCUT2D eigenvalue weighted by atomic mass is 10.0. The number of amides is 1. The van der Waals surface area contributed by atoms with Crippen LogP contribution in [0.4, 0.5) is 0 Å². The largest absolute Gasteiger partial charge is 0.481 e. The molecule has 0 saturated heterocycles. The molecule has 0 spiro atoms. The number of rotatable bonds is 4. The Morgan fingerprint density at radius 2 is 1.79 bits per heavy atom. The van der Waals surface area contributed by atoms with Gasteiger partial charge in [0.2, 0.25) is 0 Å². The number of halogens is 1. The molecule has 0 bridgehead atoms. The van der Waals surface area contributed by atoms with Crippen LogP contribution in [0.25, 0.3) is 11.1 Å². The predicted molar refractivity (Wildman–Crippen MR) is 93.1 cm³/mol. The Hall–Kier alpha value is -2.33. The standard InChI is InChI=1S/C19H18ClNO3/c20-16-10-9-13(12-5-2-1-3-6-12)11-15(16)18(22)21-17-8-4-7-14(17)19(23)24/h1-3,5-6,9-11,14,17H,4,7-8H2,(H,21,22)(H,23,24)/t14-,17+/m1/s1. The van der Waals surface area contributed by atoms with E-state index in [1.807, 2.05) is 36.4 Å². The molecule has 1 saturated carbocycles. The molecule has 1 amide bonds. The second-order valence-corrected chi connectivity index (χ2v) is 6.42. The van der Waals surface area contributed by atoms with Crippen molar-refractivity contribution in [3.05, 3.63) is 59.1 Å². The maximum Gasteiger partial charge on any atom is 0.308 e. The molecular weight excluding hydrogens is 326 g/mol. The first-order chi connectivity index (χ1) is 11.6. The summed E-state index contributed by atoms with van der Waals surface area (Å²) in [7, 11) is 0. The molecule has 1 aliphatic rings. The Labute approximate surface area is 145 Å². The van der Waals surface area contributed by atoms with Gasteiger partial charge < -0.3 is 10.4 Å². The molecule has 0 aliphatic heterocycles. The van der Waals surface area contributed by atoms with Gasteiger partial charge in [-0.1, -0.05) is 54.4 Å². The highest BCUT2D eigenvalue weighted by Crippen LogP contribution is 2.28. The summed E-state index contributed by atoms with van der Waals surface area (Å²) >= 11 is 6.19. The van der Waals surface area contributed by atoms with Gasteiger partial charge in [-0.2, -0.15) is 0 Å². The van der Waals surface area contributed by atoms with Crippen LogP contribution in [0.1, 0.15) is 29.6 Å². The minimum atomic E-state index is -0.859. The molecule has 3 rings (SSSR count). The number of aliphatic carboxylic acids is 1. The van der Waals surface area contributed by atoms with Gasteiger partial charge in [-0.3, -0.25) is 9.59 Å². The van der Waals surface area contributed by atoms with Gasteiger partial charge in [0.05, 0.1) is 16.5 Å². The van der Waals surface area contributed by atoms with E-state index < -0.39 is 11.9 Å². The molecule has 0 heterocycles. The molecule has 2 aromatic carbocycles. The number of benzene rings is 2. The summed E-state index contributed by atoms with van der Waals surface area (Å²) in [4.78, 5) is 23.8. The first kappa shape index (κ1) is 16.5. The van der Waals surface area contributed by atoms with E-state index >= 15 is 0 Å². The fraction of sp³-hybridized carbons (Fsp3) is 0.263. The van der Waals surface area contributed by atoms with E-state index in [0.717, 1.165) is 17.5 Å². The van der Waals surface area contributed by atoms with E-state index in [1.165, 1.54) is 0 Å². The maximum absolute atomic E-state index is 12.6. The zero-order valence-corrected chi connectivity index (χ0v) is 13.8. The summed E-state index contributed by atoms with van der Waals surface area (Å²) < 4.78 is 0. The van der Waals surface area contributed by atoms with Crippen molar-refractivity contribution in [2.45, 2.75) is 25.3 Å². The van der Waals surface area contributed by atoms with Crippen molar-refractivity contribution in [1.29, 1.82) is 0 Å². The summed E-state index contributed by atoms with van der Waals surface area (Å²) in [6.45, 7) is 0. The second kappa shape index (κ2) is 7.05. The van der Waals surface area contributed by atoms with E-state index in [0.29, 0.717) is 23.4 Å². The van der Waals surface area contributed by atoms with Gasteiger partial charge in [-0.05, 0) is 36.1 Å². The first-order valence-corrected chi connectivity index (χ1v) is 8.32. The second-order valence-electron chi connectivity index (χ2n) is 6.02. The zero-order chi connectivity index (χ0) is 17.1. The van der Waals surface area contributed by atoms with Crippen molar-refractivity contribution in [1.82, 2.24) is 5.32 Å². The lowest BCUT2D eigenvalue weighted by Gasteiger charge is -2.18. The van der Waals surface area contributed by atoms with Crippen LogP contribution in [0.3, 0.4) is 0 Å². The molecule has 0 unspecified atom stereocenters. The molecular formula is C19H18ClNO3. The average molecular weight is 344 g/mol. The smallest absolute Gasteiger partial charge is 0.308 e. The maximum atomic E-state index is 12.6. The monoisotopic (exact) mass is 343 g/mol. The van der Waals surface area contributed by atoms with Crippen molar-refractivity contribution in [2.75, 3.05) is 0 Å². The molecule has 2 N–H and O–H groups in total. The molecule has 5 heteroatoms. The molecule has 0 aromatic heterocycles. The molecule has 0 radical (unpaired) electrons. The normalized spacial score (nSPS) is 19.9. The van der Waals surface area contributed by atoms with E-state index in [1.54, 1.807) is 12.1 Å². The summed E-state index contributed by atoms with van der Waals surface area (Å²) in [5, 5.41) is 12.4. The fourth-order valence-electron chi connectivity index (χ4n) is 3.18. The molecule has 1 aliphatic carbocycles. The lowest BCUT2D eigenvalue weighted by Crippen LogP contribution is -2.40. The van der Waals surface area contributed by atoms with Crippen LogP contribution in [0.2, 0.25) is 5.02 Å². The van der Waals surface area contributed by atoms with Gasteiger partial charge in [0, 0.05) is 6.04 Å². The summed E-state index contributed by atoms with van der Waals surface area (Å²) in [6.07, 6.45) is 2.08. The molecule has 2 atom stereocenters. The number of hydrogen-bond donors (Lipinski definition) is 2. The van der Waals surface area contributed by atoms with E-state index in [9.17, 15) is 14.7 Å². The van der Waals surface area contributed by atoms with Gasteiger partial charge in [-0.25, -0.2) is 0 Å². The molecule has 4 nitrogen and oxygen atoms in total. The summed E-state index contributed by atoms with van der Waals surface area (Å²) in [6, 6.07) is 14.7. The van der Waals surface area contributed by atoms with Crippen LogP contribution in [-0.2, 0) is 4.79 Å². The van der Waals surface area contributed by atoms with Gasteiger partial charge in [-0.15, -0.1) is 0 Å². The Morgan fingerprint density at radius 3 is 2.50 bits per heavy atom. The van der Waals surface area contributed by atoms with Crippen LogP contribution >= 0.6 is 11.6 Å². The highest BCUT2D eigenvalue weighted by atomic mass is 35.5. The van der Waals surface area contributed by atoms with Crippen molar-refractivity contribution < 1.29 is 14.7 Å². The topological polar surface area (TPSA) is 66.4 Å². The van der Waals surface area contributed by atoms with Crippen molar-refractivity contribution in [3.63, 3.8) is 0 Å². The summed E-state index contributed by atoms with van der Waals surface area (Å²) in [5.41, 5.74) is 2.26. The molecule has 24 heavy (non-hydrogen) atoms. The minimum Gasteiger partial charge on any atom is -0.481 e. The highest BCUT2D eigenvalue weighted by Gasteiger charge is 2.34. The van der Waals surface area contributed by atoms with Crippen LogP contribution in [0.15, 0.2) is 48.5 Å². The molecule has 1 fully saturated rings. The SMILES string of the molecule is O=C(N[C@H]1CCC[C@H]1C(=O)O)c1cc(-c2ccccc2)ccc1Cl. The van der Waals surface area contributed by atoms with E-state index in [2.05, 4.69) is 5.32 Å². The Kier molecular flexibility index (Phi) is 4.86. The number of carbonyl (C=O) groups excluding carboxylic acids is 1. The third-order valence-electron chi connectivity index (χ3n) is 4.47. The van der Waals surface area contributed by atoms with Crippen LogP contribution in [0.5, 0.6) is 0 Å². The van der Waals surface area contributed by atoms with Gasteiger partial charge >= 0.3 is 5.97 Å². The molecule has 124 valence electrons. The van der Waals surface area contributed by atoms with Crippen LogP contribution in [0, 0.1) is 5.92 Å². The Morgan fingerprint density at radius 1 is 1.04 bits per heavy atom. The number of nitrogens with one attached hydrogen (secondary N) is 1. The average Bonchev–Trinajstić information content (AvgIpc) is 3.04. The van der Waals surface area contributed by atoms with Crippen molar-refractivity contribution >= 4 is 23.5 Å². The predicted octanol–water partition coefficient (Wildman–Crippen LogP) is 3.99. The molecule has 2 aromatic rings. The van der Waals surface area contributed by atoms with Crippen molar-refractivity contribution in [3.8, 4) is 11.1 Å². The number of hydrogen-bond acceptors (Lipinski definition) is 2. The van der Waals surface area contributed by atoms with Crippen LogP contribution in [-0.4, -0.2) is 23.0 Å². The first-order valence-electron chi connectivity index (χ1n) is 7.95. The lowest BCUT2D eigenvalue weighted by molar-refractivity contribution is -0.142. The Bertz CT molecular complexity index is 760. The van der Waals surface area contributed by atoms with Gasteiger partial charge in [0.25, 0.3) is 5.91 Å². The number of carboxylic acid groups (broad SMARTS) is 1. The number of carboxylic acids is 1. The van der Waals surface area contributed by atoms with Crippen LogP contribution < -0.4 is 5.32 Å². The fourth-order valence-corrected chi connectivity index (χ4v) is 3.39. The minimum absolute atomic E-state index is 0.323. The number of carbonyl (C=O) groups is 2. The van der Waals surface area contributed by atoms with E-state index in [-0.39, 0.29) is 11.9 Å². The Balaban J connectivity index is 1.83. The summed E-state index contributed by atoms with van der Waals surface area (Å²) in [5.74, 6) is -1.71. The third-order valence-corrected chi connectivity index (χ3v) is 4.80. The quantitative estimate of drug-likeness (QED) is 0.882. The van der Waals surface area contributed by atoms with Crippen molar-refractivity contribution in [2.24, 2.45) is 5.92 Å².